The highest BCUT2D eigenvalue weighted by molar-refractivity contribution is 5.86. The summed E-state index contributed by atoms with van der Waals surface area (Å²) in [5.41, 5.74) is 1.97. The van der Waals surface area contributed by atoms with E-state index in [1.165, 1.54) is 13.2 Å². The predicted octanol–water partition coefficient (Wildman–Crippen LogP) is 1.53. The Morgan fingerprint density at radius 3 is 2.94 bits per heavy atom. The molecule has 0 radical (unpaired) electrons. The molecular weight excluding hydrogens is 222 g/mol. The number of methoxy groups -OCH3 is 1. The summed E-state index contributed by atoms with van der Waals surface area (Å²) in [6, 6.07) is 5.14. The van der Waals surface area contributed by atoms with Crippen LogP contribution in [0.2, 0.25) is 0 Å². The molecule has 1 atom stereocenters. The minimum Gasteiger partial charge on any atom is -0.506 e. The molecule has 0 bridgehead atoms. The Balaban J connectivity index is 2.23. The van der Waals surface area contributed by atoms with Crippen LogP contribution in [0.3, 0.4) is 0 Å². The molecule has 1 aromatic rings. The van der Waals surface area contributed by atoms with Gasteiger partial charge in [-0.25, -0.2) is 4.79 Å². The zero-order chi connectivity index (χ0) is 12.4. The second-order valence-corrected chi connectivity index (χ2v) is 3.75. The minimum atomic E-state index is -0.748. The number of carbonyl (C=O) groups is 1. The number of hydrogen-bond donors (Lipinski definition) is 2. The van der Waals surface area contributed by atoms with Gasteiger partial charge in [-0.2, -0.15) is 0 Å². The van der Waals surface area contributed by atoms with Crippen molar-refractivity contribution in [3.8, 4) is 5.75 Å². The first-order valence-corrected chi connectivity index (χ1v) is 5.12. The fraction of sp³-hybridized carbons (Fsp3) is 0.250. The third kappa shape index (κ3) is 2.39. The Hall–Kier alpha value is -2.01. The molecule has 5 nitrogen and oxygen atoms in total. The van der Waals surface area contributed by atoms with E-state index < -0.39 is 12.3 Å². The van der Waals surface area contributed by atoms with Crippen LogP contribution in [0.5, 0.6) is 5.75 Å². The molecule has 1 heterocycles. The lowest BCUT2D eigenvalue weighted by Gasteiger charge is -2.15. The van der Waals surface area contributed by atoms with Crippen LogP contribution in [0.15, 0.2) is 30.0 Å². The van der Waals surface area contributed by atoms with Gasteiger partial charge in [0.15, 0.2) is 0 Å². The number of phenols is 1. The summed E-state index contributed by atoms with van der Waals surface area (Å²) in [6.45, 7) is 1.91. The molecule has 0 unspecified atom stereocenters. The summed E-state index contributed by atoms with van der Waals surface area (Å²) < 4.78 is 9.85. The molecule has 2 rings (SSSR count). The van der Waals surface area contributed by atoms with Crippen LogP contribution >= 0.6 is 0 Å². The number of aromatic hydroxyl groups is 1. The molecule has 17 heavy (non-hydrogen) atoms. The molecule has 0 aliphatic carbocycles. The van der Waals surface area contributed by atoms with Crippen molar-refractivity contribution in [1.29, 1.82) is 0 Å². The van der Waals surface area contributed by atoms with Gasteiger partial charge in [0.1, 0.15) is 5.75 Å². The van der Waals surface area contributed by atoms with Crippen LogP contribution < -0.4 is 5.32 Å². The van der Waals surface area contributed by atoms with E-state index in [9.17, 15) is 9.90 Å². The third-order valence-corrected chi connectivity index (χ3v) is 2.40. The van der Waals surface area contributed by atoms with Gasteiger partial charge >= 0.3 is 5.97 Å². The van der Waals surface area contributed by atoms with Crippen LogP contribution in [0.25, 0.3) is 0 Å². The first kappa shape index (κ1) is 11.5. The molecule has 90 valence electrons. The number of esters is 1. The monoisotopic (exact) mass is 235 g/mol. The highest BCUT2D eigenvalue weighted by Gasteiger charge is 2.26. The van der Waals surface area contributed by atoms with Gasteiger partial charge < -0.3 is 19.9 Å². The Labute approximate surface area is 98.7 Å². The molecule has 1 aliphatic rings. The molecule has 0 aromatic heterocycles. The lowest BCUT2D eigenvalue weighted by molar-refractivity contribution is -0.155. The van der Waals surface area contributed by atoms with Gasteiger partial charge in [0.05, 0.1) is 11.4 Å². The Kier molecular flexibility index (Phi) is 3.01. The number of ether oxygens (including phenoxy) is 2. The van der Waals surface area contributed by atoms with Crippen molar-refractivity contribution in [2.24, 2.45) is 0 Å². The van der Waals surface area contributed by atoms with E-state index in [0.717, 1.165) is 5.56 Å². The summed E-state index contributed by atoms with van der Waals surface area (Å²) in [6.07, 6.45) is 0.554. The molecule has 0 saturated heterocycles. The van der Waals surface area contributed by atoms with E-state index in [2.05, 4.69) is 5.32 Å². The number of hydrogen-bond acceptors (Lipinski definition) is 5. The number of phenolic OH excluding ortho intramolecular Hbond substituents is 1. The number of anilines is 1. The normalized spacial score (nSPS) is 18.8. The molecule has 5 heteroatoms. The lowest BCUT2D eigenvalue weighted by Crippen LogP contribution is -2.18. The van der Waals surface area contributed by atoms with Crippen molar-refractivity contribution < 1.29 is 19.4 Å². The van der Waals surface area contributed by atoms with Crippen LogP contribution in [-0.4, -0.2) is 24.5 Å². The number of aryl methyl sites for hydroxylation is 1. The molecule has 0 spiro atoms. The number of carbonyl (C=O) groups excluding carboxylic acids is 1. The molecule has 0 saturated carbocycles. The van der Waals surface area contributed by atoms with Crippen molar-refractivity contribution in [2.75, 3.05) is 12.4 Å². The highest BCUT2D eigenvalue weighted by atomic mass is 16.7. The van der Waals surface area contributed by atoms with E-state index >= 15 is 0 Å². The highest BCUT2D eigenvalue weighted by Crippen LogP contribution is 2.27. The van der Waals surface area contributed by atoms with Crippen LogP contribution in [0, 0.1) is 6.92 Å². The fourth-order valence-corrected chi connectivity index (χ4v) is 1.57. The number of cyclic esters (lactones) is 1. The van der Waals surface area contributed by atoms with Crippen molar-refractivity contribution in [2.45, 2.75) is 13.2 Å². The molecule has 1 aromatic carbocycles. The summed E-state index contributed by atoms with van der Waals surface area (Å²) in [5, 5.41) is 12.6. The fourth-order valence-electron chi connectivity index (χ4n) is 1.57. The van der Waals surface area contributed by atoms with E-state index in [0.29, 0.717) is 11.4 Å². The maximum atomic E-state index is 11.1. The first-order chi connectivity index (χ1) is 8.10. The zero-order valence-electron chi connectivity index (χ0n) is 9.56. The summed E-state index contributed by atoms with van der Waals surface area (Å²) in [4.78, 5) is 11.1. The van der Waals surface area contributed by atoms with Crippen LogP contribution in [0.4, 0.5) is 5.69 Å². The second kappa shape index (κ2) is 4.47. The van der Waals surface area contributed by atoms with Gasteiger partial charge in [0.2, 0.25) is 6.29 Å². The van der Waals surface area contributed by atoms with Crippen molar-refractivity contribution in [1.82, 2.24) is 0 Å². The largest absolute Gasteiger partial charge is 0.506 e. The SMILES string of the molecule is CO[C@@H]1OC(=O)C=C1Nc1cc(C)ccc1O. The smallest absolute Gasteiger partial charge is 0.335 e. The maximum Gasteiger partial charge on any atom is 0.335 e. The molecule has 0 amide bonds. The quantitative estimate of drug-likeness (QED) is 0.614. The van der Waals surface area contributed by atoms with Crippen molar-refractivity contribution in [3.63, 3.8) is 0 Å². The van der Waals surface area contributed by atoms with E-state index in [1.54, 1.807) is 18.2 Å². The van der Waals surface area contributed by atoms with Gasteiger partial charge in [0.25, 0.3) is 0 Å². The van der Waals surface area contributed by atoms with Gasteiger partial charge in [-0.3, -0.25) is 0 Å². The van der Waals surface area contributed by atoms with E-state index in [4.69, 9.17) is 9.47 Å². The Morgan fingerprint density at radius 1 is 1.47 bits per heavy atom. The molecule has 2 N–H and O–H groups in total. The number of benzene rings is 1. The number of rotatable bonds is 3. The Bertz CT molecular complexity index is 481. The molecular formula is C12H13NO4. The zero-order valence-corrected chi connectivity index (χ0v) is 9.56. The van der Waals surface area contributed by atoms with E-state index in [1.807, 2.05) is 6.92 Å². The van der Waals surface area contributed by atoms with E-state index in [-0.39, 0.29) is 5.75 Å². The van der Waals surface area contributed by atoms with Crippen LogP contribution in [-0.2, 0) is 14.3 Å². The molecule has 1 aliphatic heterocycles. The standard InChI is InChI=1S/C12H13NO4/c1-7-3-4-10(14)8(5-7)13-9-6-11(15)17-12(9)16-2/h3-6,12-14H,1-2H3/t12-/m1/s1. The lowest BCUT2D eigenvalue weighted by atomic mass is 10.2. The average Bonchev–Trinajstić information content (AvgIpc) is 2.64. The van der Waals surface area contributed by atoms with Gasteiger partial charge in [-0.05, 0) is 24.6 Å². The predicted molar refractivity (Wildman–Crippen MR) is 61.4 cm³/mol. The Morgan fingerprint density at radius 2 is 2.24 bits per heavy atom. The summed E-state index contributed by atoms with van der Waals surface area (Å²) in [7, 11) is 1.44. The van der Waals surface area contributed by atoms with Gasteiger partial charge in [-0.15, -0.1) is 0 Å². The topological polar surface area (TPSA) is 67.8 Å². The van der Waals surface area contributed by atoms with Crippen LogP contribution in [0.1, 0.15) is 5.56 Å². The molecule has 0 fully saturated rings. The van der Waals surface area contributed by atoms with Crippen molar-refractivity contribution >= 4 is 11.7 Å². The first-order valence-electron chi connectivity index (χ1n) is 5.12. The average molecular weight is 235 g/mol. The third-order valence-electron chi connectivity index (χ3n) is 2.40. The summed E-state index contributed by atoms with van der Waals surface area (Å²) >= 11 is 0. The second-order valence-electron chi connectivity index (χ2n) is 3.75. The van der Waals surface area contributed by atoms with Crippen molar-refractivity contribution in [3.05, 3.63) is 35.5 Å². The number of nitrogens with one attached hydrogen (secondary N) is 1. The van der Waals surface area contributed by atoms with Gasteiger partial charge in [-0.1, -0.05) is 6.07 Å². The minimum absolute atomic E-state index is 0.103. The summed E-state index contributed by atoms with van der Waals surface area (Å²) in [5.74, 6) is -0.364. The maximum absolute atomic E-state index is 11.1. The van der Waals surface area contributed by atoms with Gasteiger partial charge in [0, 0.05) is 13.2 Å².